The molecule has 3 aliphatic rings. The Morgan fingerprint density at radius 3 is 2.63 bits per heavy atom. The van der Waals surface area contributed by atoms with Crippen molar-refractivity contribution in [1.29, 1.82) is 5.26 Å². The van der Waals surface area contributed by atoms with Crippen molar-refractivity contribution in [3.05, 3.63) is 29.5 Å². The highest BCUT2D eigenvalue weighted by atomic mass is 32.2. The average Bonchev–Trinajstić information content (AvgIpc) is 3.39. The highest BCUT2D eigenvalue weighted by Crippen LogP contribution is 2.40. The van der Waals surface area contributed by atoms with Crippen molar-refractivity contribution >= 4 is 55.0 Å². The van der Waals surface area contributed by atoms with Crippen LogP contribution in [0.3, 0.4) is 0 Å². The van der Waals surface area contributed by atoms with Crippen LogP contribution in [0, 0.1) is 17.2 Å². The number of rotatable bonds is 7. The van der Waals surface area contributed by atoms with Crippen LogP contribution >= 0.6 is 11.3 Å². The number of aromatic nitrogens is 5. The summed E-state index contributed by atoms with van der Waals surface area (Å²) in [4.78, 5) is 25.7. The number of benzene rings is 1. The Hall–Kier alpha value is -3.85. The maximum atomic E-state index is 13.5. The molecule has 1 unspecified atom stereocenters. The number of ether oxygens (including phenoxy) is 1. The van der Waals surface area contributed by atoms with Crippen molar-refractivity contribution in [2.45, 2.75) is 36.1 Å². The summed E-state index contributed by atoms with van der Waals surface area (Å²) in [6.07, 6.45) is 0.0741. The van der Waals surface area contributed by atoms with Crippen molar-refractivity contribution < 1.29 is 26.7 Å². The monoisotopic (exact) mass is 629 g/mol. The Labute approximate surface area is 248 Å². The number of sulfonamides is 1. The molecule has 3 aromatic heterocycles. The number of fused-ring (bicyclic) bond motifs is 3. The van der Waals surface area contributed by atoms with Crippen LogP contribution < -0.4 is 9.62 Å². The van der Waals surface area contributed by atoms with E-state index < -0.39 is 27.0 Å². The van der Waals surface area contributed by atoms with Crippen LogP contribution in [0.1, 0.15) is 30.7 Å². The predicted molar refractivity (Wildman–Crippen MR) is 150 cm³/mol. The highest BCUT2D eigenvalue weighted by Gasteiger charge is 2.47. The molecule has 17 heteroatoms. The summed E-state index contributed by atoms with van der Waals surface area (Å²) in [5, 5.41) is 17.8. The zero-order valence-corrected chi connectivity index (χ0v) is 24.2. The van der Waals surface area contributed by atoms with Gasteiger partial charge >= 0.3 is 0 Å². The summed E-state index contributed by atoms with van der Waals surface area (Å²) in [6, 6.07) is 6.49. The van der Waals surface area contributed by atoms with Gasteiger partial charge in [0, 0.05) is 38.2 Å². The average molecular weight is 630 g/mol. The molecule has 0 spiro atoms. The number of nitriles is 1. The second-order valence-corrected chi connectivity index (χ2v) is 13.5. The topological polar surface area (TPSA) is 159 Å². The zero-order valence-electron chi connectivity index (χ0n) is 22.6. The largest absolute Gasteiger partial charge is 0.381 e. The van der Waals surface area contributed by atoms with Crippen LogP contribution in [0.15, 0.2) is 29.4 Å². The number of hydrogen-bond donors (Lipinski definition) is 1. The van der Waals surface area contributed by atoms with Crippen molar-refractivity contribution in [3.63, 3.8) is 0 Å². The third-order valence-electron chi connectivity index (χ3n) is 8.08. The van der Waals surface area contributed by atoms with E-state index in [1.807, 2.05) is 15.9 Å². The molecule has 1 amide bonds. The predicted octanol–water partition coefficient (Wildman–Crippen LogP) is 2.38. The minimum absolute atomic E-state index is 0.0828. The number of carbonyl (C=O) groups excluding carboxylic acids is 1. The van der Waals surface area contributed by atoms with E-state index in [-0.39, 0.29) is 21.9 Å². The second kappa shape index (κ2) is 10.4. The van der Waals surface area contributed by atoms with Gasteiger partial charge in [0.25, 0.3) is 6.43 Å². The van der Waals surface area contributed by atoms with Gasteiger partial charge < -0.3 is 14.5 Å². The molecule has 4 aromatic rings. The molecule has 5 heterocycles. The summed E-state index contributed by atoms with van der Waals surface area (Å²) in [5.74, 6) is 0.529. The number of nitrogens with one attached hydrogen (secondary N) is 1. The molecule has 3 fully saturated rings. The van der Waals surface area contributed by atoms with Gasteiger partial charge in [-0.2, -0.15) is 9.98 Å². The minimum Gasteiger partial charge on any atom is -0.381 e. The van der Waals surface area contributed by atoms with Gasteiger partial charge in [0.2, 0.25) is 21.1 Å². The van der Waals surface area contributed by atoms with Gasteiger partial charge in [-0.25, -0.2) is 27.2 Å². The molecule has 7 rings (SSSR count). The van der Waals surface area contributed by atoms with Crippen LogP contribution in [0.5, 0.6) is 0 Å². The number of alkyl halides is 2. The maximum absolute atomic E-state index is 13.5. The lowest BCUT2D eigenvalue weighted by atomic mass is 10.1. The molecule has 0 radical (unpaired) electrons. The number of hydrogen-bond acceptors (Lipinski definition) is 11. The van der Waals surface area contributed by atoms with Gasteiger partial charge in [-0.1, -0.05) is 17.4 Å². The lowest BCUT2D eigenvalue weighted by Crippen LogP contribution is -2.50. The summed E-state index contributed by atoms with van der Waals surface area (Å²) in [5.41, 5.74) is -0.427. The van der Waals surface area contributed by atoms with Gasteiger partial charge in [-0.05, 0) is 31.4 Å². The van der Waals surface area contributed by atoms with Crippen LogP contribution in [-0.2, 0) is 19.6 Å². The molecule has 1 aromatic carbocycles. The fourth-order valence-electron chi connectivity index (χ4n) is 5.61. The van der Waals surface area contributed by atoms with Crippen molar-refractivity contribution in [1.82, 2.24) is 34.4 Å². The first kappa shape index (κ1) is 28.0. The van der Waals surface area contributed by atoms with Gasteiger partial charge in [0.1, 0.15) is 17.7 Å². The first-order valence-corrected chi connectivity index (χ1v) is 16.0. The van der Waals surface area contributed by atoms with E-state index in [2.05, 4.69) is 24.9 Å². The normalized spacial score (nSPS) is 20.3. The Morgan fingerprint density at radius 2 is 1.98 bits per heavy atom. The molecule has 1 atom stereocenters. The number of anilines is 1. The van der Waals surface area contributed by atoms with E-state index in [0.29, 0.717) is 97.7 Å². The smallest absolute Gasteiger partial charge is 0.291 e. The summed E-state index contributed by atoms with van der Waals surface area (Å²) < 4.78 is 62.9. The summed E-state index contributed by atoms with van der Waals surface area (Å²) in [6.45, 7) is 3.00. The maximum Gasteiger partial charge on any atom is 0.291 e. The van der Waals surface area contributed by atoms with Crippen molar-refractivity contribution in [3.8, 4) is 11.2 Å². The van der Waals surface area contributed by atoms with Crippen LogP contribution in [0.2, 0.25) is 0 Å². The van der Waals surface area contributed by atoms with Gasteiger partial charge in [-0.15, -0.1) is 10.2 Å². The molecule has 0 bridgehead atoms. The Bertz CT molecular complexity index is 1890. The van der Waals surface area contributed by atoms with Crippen molar-refractivity contribution in [2.75, 3.05) is 44.3 Å². The number of halogens is 2. The fourth-order valence-corrected chi connectivity index (χ4v) is 7.72. The molecular formula is C26H25F2N9O4S2. The Morgan fingerprint density at radius 1 is 1.19 bits per heavy atom. The van der Waals surface area contributed by atoms with E-state index in [1.54, 1.807) is 6.07 Å². The summed E-state index contributed by atoms with van der Waals surface area (Å²) >= 11 is 0.677. The van der Waals surface area contributed by atoms with E-state index in [1.165, 1.54) is 23.0 Å². The Kier molecular flexibility index (Phi) is 6.76. The van der Waals surface area contributed by atoms with Gasteiger partial charge in [0.15, 0.2) is 10.7 Å². The second-order valence-electron chi connectivity index (χ2n) is 10.8. The van der Waals surface area contributed by atoms with Crippen LogP contribution in [0.25, 0.3) is 27.1 Å². The fraction of sp³-hybridized carbons (Fsp3) is 0.462. The van der Waals surface area contributed by atoms with E-state index in [0.717, 1.165) is 0 Å². The lowest BCUT2D eigenvalue weighted by molar-refractivity contribution is -0.135. The minimum atomic E-state index is -4.09. The number of carbonyl (C=O) groups is 1. The number of nitrogens with zero attached hydrogens (tertiary/aromatic N) is 8. The zero-order chi connectivity index (χ0) is 29.9. The van der Waals surface area contributed by atoms with E-state index in [4.69, 9.17) is 4.74 Å². The van der Waals surface area contributed by atoms with Gasteiger partial charge in [-0.3, -0.25) is 9.36 Å². The molecule has 1 saturated carbocycles. The third kappa shape index (κ3) is 4.87. The van der Waals surface area contributed by atoms with E-state index >= 15 is 0 Å². The lowest BCUT2D eigenvalue weighted by Gasteiger charge is -2.36. The molecule has 2 aliphatic heterocycles. The molecule has 224 valence electrons. The molecule has 2 saturated heterocycles. The standard InChI is InChI=1S/C26H25F2N9O4S2/c27-20(28)23-32-33-25(42-23)37-18-11-16(43(39,40)34-26(13-29)4-5-26)1-2-17(18)19-21(30-14-31-22(19)37)35-6-8-36(9-7-35)24(38)15-3-10-41-12-15/h1-2,11,14-15,20,34H,3-10,12H2. The molecule has 43 heavy (non-hydrogen) atoms. The Balaban J connectivity index is 1.31. The van der Waals surface area contributed by atoms with E-state index in [9.17, 15) is 27.3 Å². The third-order valence-corrected chi connectivity index (χ3v) is 10.5. The van der Waals surface area contributed by atoms with Crippen LogP contribution in [0.4, 0.5) is 14.6 Å². The van der Waals surface area contributed by atoms with Gasteiger partial charge in [0.05, 0.1) is 34.4 Å². The first-order valence-electron chi connectivity index (χ1n) is 13.7. The SMILES string of the molecule is N#CC1(NS(=O)(=O)c2ccc3c4c(N5CCN(C(=O)C6CCOC6)CC5)ncnc4n(-c4nnc(C(F)F)s4)c3c2)CC1. The molecule has 13 nitrogen and oxygen atoms in total. The molecule has 1 N–H and O–H groups in total. The molecule has 1 aliphatic carbocycles. The number of amides is 1. The number of piperazine rings is 1. The first-order chi connectivity index (χ1) is 20.7. The van der Waals surface area contributed by atoms with Crippen molar-refractivity contribution in [2.24, 2.45) is 5.92 Å². The highest BCUT2D eigenvalue weighted by molar-refractivity contribution is 7.89. The summed E-state index contributed by atoms with van der Waals surface area (Å²) in [7, 11) is -4.09. The quantitative estimate of drug-likeness (QED) is 0.322. The van der Waals surface area contributed by atoms with Crippen LogP contribution in [-0.4, -0.2) is 88.9 Å². The molecular weight excluding hydrogens is 604 g/mol.